The zero-order chi connectivity index (χ0) is 19.3. The van der Waals surface area contributed by atoms with Gasteiger partial charge in [0.15, 0.2) is 0 Å². The summed E-state index contributed by atoms with van der Waals surface area (Å²) in [7, 11) is 2.01. The molecule has 1 aliphatic heterocycles. The van der Waals surface area contributed by atoms with E-state index >= 15 is 0 Å². The van der Waals surface area contributed by atoms with Crippen molar-refractivity contribution in [3.05, 3.63) is 77.7 Å². The average molecular weight is 370 g/mol. The molecule has 0 fully saturated rings. The number of phenols is 2. The largest absolute Gasteiger partial charge is 0.508 e. The molecule has 0 saturated carbocycles. The second kappa shape index (κ2) is 6.16. The molecule has 138 valence electrons. The van der Waals surface area contributed by atoms with Gasteiger partial charge in [-0.3, -0.25) is 0 Å². The number of nitrogens with zero attached hydrogens (tertiary/aromatic N) is 2. The predicted molar refractivity (Wildman–Crippen MR) is 108 cm³/mol. The number of benzene rings is 2. The molecule has 1 aliphatic rings. The van der Waals surface area contributed by atoms with Crippen LogP contribution in [0.25, 0.3) is 28.4 Å². The minimum absolute atomic E-state index is 0.0168. The first-order valence-electron chi connectivity index (χ1n) is 9.04. The van der Waals surface area contributed by atoms with E-state index in [1.807, 2.05) is 43.5 Å². The molecule has 0 saturated heterocycles. The average Bonchev–Trinajstić information content (AvgIpc) is 3.22. The standard InChI is InChI=1S/C23H18N2O3/c1-25-22(14-6-3-2-4-7-14)18(17-8-5-9-24-23(17)25)12-16-13-19-20(27)10-15(26)11-21(19)28-16/h2-12,26-27H,13H2,1H3/b16-12-. The molecule has 2 aromatic heterocycles. The van der Waals surface area contributed by atoms with Crippen molar-refractivity contribution in [3.8, 4) is 28.5 Å². The van der Waals surface area contributed by atoms with Crippen molar-refractivity contribution in [2.45, 2.75) is 6.42 Å². The van der Waals surface area contributed by atoms with Gasteiger partial charge in [-0.05, 0) is 23.8 Å². The van der Waals surface area contributed by atoms with E-state index in [-0.39, 0.29) is 11.5 Å². The highest BCUT2D eigenvalue weighted by molar-refractivity contribution is 5.96. The SMILES string of the molecule is Cn1c(-c2ccccc2)c(/C=C2/Cc3c(O)cc(O)cc3O2)c2cccnc21. The highest BCUT2D eigenvalue weighted by Gasteiger charge is 2.24. The number of allylic oxidation sites excluding steroid dienone is 1. The minimum atomic E-state index is -0.0168. The third kappa shape index (κ3) is 2.52. The van der Waals surface area contributed by atoms with Crippen molar-refractivity contribution < 1.29 is 14.9 Å². The molecule has 5 heteroatoms. The fraction of sp³-hybridized carbons (Fsp3) is 0.0870. The molecule has 0 radical (unpaired) electrons. The van der Waals surface area contributed by atoms with E-state index in [0.717, 1.165) is 27.9 Å². The van der Waals surface area contributed by atoms with Crippen LogP contribution in [0.15, 0.2) is 66.6 Å². The van der Waals surface area contributed by atoms with Gasteiger partial charge >= 0.3 is 0 Å². The number of phenolic OH excluding ortho intramolecular Hbond substituents is 2. The van der Waals surface area contributed by atoms with Gasteiger partial charge in [-0.2, -0.15) is 0 Å². The molecular formula is C23H18N2O3. The van der Waals surface area contributed by atoms with E-state index in [0.29, 0.717) is 23.5 Å². The van der Waals surface area contributed by atoms with Crippen molar-refractivity contribution in [2.24, 2.45) is 7.05 Å². The lowest BCUT2D eigenvalue weighted by molar-refractivity contribution is 0.430. The summed E-state index contributed by atoms with van der Waals surface area (Å²) in [4.78, 5) is 4.55. The van der Waals surface area contributed by atoms with Gasteiger partial charge in [0.2, 0.25) is 0 Å². The van der Waals surface area contributed by atoms with Gasteiger partial charge in [-0.1, -0.05) is 30.3 Å². The fourth-order valence-electron chi connectivity index (χ4n) is 3.86. The van der Waals surface area contributed by atoms with Crippen molar-refractivity contribution >= 4 is 17.1 Å². The van der Waals surface area contributed by atoms with Crippen LogP contribution in [-0.2, 0) is 13.5 Å². The van der Waals surface area contributed by atoms with Crippen LogP contribution < -0.4 is 4.74 Å². The first-order valence-corrected chi connectivity index (χ1v) is 9.04. The summed E-state index contributed by atoms with van der Waals surface area (Å²) in [5, 5.41) is 20.9. The van der Waals surface area contributed by atoms with Crippen LogP contribution in [0.1, 0.15) is 11.1 Å². The maximum Gasteiger partial charge on any atom is 0.140 e. The Balaban J connectivity index is 1.70. The summed E-state index contributed by atoms with van der Waals surface area (Å²) in [5.74, 6) is 1.23. The quantitative estimate of drug-likeness (QED) is 0.540. The molecule has 0 aliphatic carbocycles. The Hall–Kier alpha value is -3.73. The topological polar surface area (TPSA) is 67.5 Å². The molecular weight excluding hydrogens is 352 g/mol. The number of aromatic hydroxyl groups is 2. The van der Waals surface area contributed by atoms with E-state index in [1.165, 1.54) is 12.1 Å². The van der Waals surface area contributed by atoms with Crippen molar-refractivity contribution in [1.82, 2.24) is 9.55 Å². The summed E-state index contributed by atoms with van der Waals surface area (Å²) >= 11 is 0. The number of hydrogen-bond acceptors (Lipinski definition) is 4. The third-order valence-corrected chi connectivity index (χ3v) is 5.10. The Labute approximate surface area is 161 Å². The molecule has 3 heterocycles. The normalized spacial score (nSPS) is 14.4. The van der Waals surface area contributed by atoms with Gasteiger partial charge in [0.1, 0.15) is 28.7 Å². The smallest absolute Gasteiger partial charge is 0.140 e. The summed E-state index contributed by atoms with van der Waals surface area (Å²) < 4.78 is 8.02. The lowest BCUT2D eigenvalue weighted by atomic mass is 10.0. The third-order valence-electron chi connectivity index (χ3n) is 5.10. The number of ether oxygens (including phenoxy) is 1. The van der Waals surface area contributed by atoms with E-state index in [4.69, 9.17) is 4.74 Å². The van der Waals surface area contributed by atoms with Crippen LogP contribution in [0, 0.1) is 0 Å². The summed E-state index contributed by atoms with van der Waals surface area (Å²) in [6, 6.07) is 17.0. The summed E-state index contributed by atoms with van der Waals surface area (Å²) in [5.41, 5.74) is 4.73. The number of aromatic nitrogens is 2. The van der Waals surface area contributed by atoms with Crippen LogP contribution in [0.5, 0.6) is 17.2 Å². The fourth-order valence-corrected chi connectivity index (χ4v) is 3.86. The van der Waals surface area contributed by atoms with Crippen LogP contribution in [0.3, 0.4) is 0 Å². The number of fused-ring (bicyclic) bond motifs is 2. The molecule has 28 heavy (non-hydrogen) atoms. The Morgan fingerprint density at radius 2 is 1.89 bits per heavy atom. The van der Waals surface area contributed by atoms with E-state index < -0.39 is 0 Å². The number of aryl methyl sites for hydroxylation is 1. The van der Waals surface area contributed by atoms with Crippen LogP contribution in [0.4, 0.5) is 0 Å². The molecule has 5 rings (SSSR count). The Kier molecular flexibility index (Phi) is 3.62. The number of rotatable bonds is 2. The number of hydrogen-bond donors (Lipinski definition) is 2. The van der Waals surface area contributed by atoms with Crippen molar-refractivity contribution in [1.29, 1.82) is 0 Å². The molecule has 0 amide bonds. The van der Waals surface area contributed by atoms with Crippen molar-refractivity contribution in [3.63, 3.8) is 0 Å². The summed E-state index contributed by atoms with van der Waals surface area (Å²) in [6.45, 7) is 0. The predicted octanol–water partition coefficient (Wildman–Crippen LogP) is 4.63. The molecule has 0 atom stereocenters. The van der Waals surface area contributed by atoms with Crippen LogP contribution in [-0.4, -0.2) is 19.8 Å². The highest BCUT2D eigenvalue weighted by atomic mass is 16.5. The zero-order valence-electron chi connectivity index (χ0n) is 15.3. The Morgan fingerprint density at radius 1 is 1.07 bits per heavy atom. The van der Waals surface area contributed by atoms with Gasteiger partial charge in [0.25, 0.3) is 0 Å². The monoisotopic (exact) mass is 370 g/mol. The molecule has 0 unspecified atom stereocenters. The minimum Gasteiger partial charge on any atom is -0.508 e. The van der Waals surface area contributed by atoms with Crippen LogP contribution in [0.2, 0.25) is 0 Å². The van der Waals surface area contributed by atoms with Gasteiger partial charge in [0.05, 0.1) is 5.69 Å². The second-order valence-corrected chi connectivity index (χ2v) is 6.89. The molecule has 0 bridgehead atoms. The van der Waals surface area contributed by atoms with Gasteiger partial charge in [-0.15, -0.1) is 0 Å². The van der Waals surface area contributed by atoms with E-state index in [2.05, 4.69) is 21.7 Å². The highest BCUT2D eigenvalue weighted by Crippen LogP contribution is 2.42. The number of pyridine rings is 1. The zero-order valence-corrected chi connectivity index (χ0v) is 15.3. The first-order chi connectivity index (χ1) is 13.6. The summed E-state index contributed by atoms with van der Waals surface area (Å²) in [6.07, 6.45) is 4.26. The molecule has 2 aromatic carbocycles. The van der Waals surface area contributed by atoms with Gasteiger partial charge < -0.3 is 19.5 Å². The maximum atomic E-state index is 10.1. The second-order valence-electron chi connectivity index (χ2n) is 6.89. The first kappa shape index (κ1) is 16.4. The lowest BCUT2D eigenvalue weighted by Crippen LogP contribution is -1.94. The van der Waals surface area contributed by atoms with Crippen LogP contribution >= 0.6 is 0 Å². The van der Waals surface area contributed by atoms with Crippen molar-refractivity contribution in [2.75, 3.05) is 0 Å². The maximum absolute atomic E-state index is 10.1. The molecule has 5 nitrogen and oxygen atoms in total. The van der Waals surface area contributed by atoms with Gasteiger partial charge in [0, 0.05) is 48.3 Å². The van der Waals surface area contributed by atoms with Gasteiger partial charge in [-0.25, -0.2) is 4.98 Å². The molecule has 0 spiro atoms. The van der Waals surface area contributed by atoms with E-state index in [9.17, 15) is 10.2 Å². The Morgan fingerprint density at radius 3 is 2.71 bits per heavy atom. The lowest BCUT2D eigenvalue weighted by Gasteiger charge is -2.06. The Bertz CT molecular complexity index is 1240. The molecule has 4 aromatic rings. The molecule has 2 N–H and O–H groups in total. The van der Waals surface area contributed by atoms with E-state index in [1.54, 1.807) is 6.20 Å².